The first-order valence-corrected chi connectivity index (χ1v) is 4.30. The van der Waals surface area contributed by atoms with Crippen LogP contribution in [0.3, 0.4) is 0 Å². The van der Waals surface area contributed by atoms with Crippen molar-refractivity contribution in [2.75, 3.05) is 6.61 Å². The molecule has 66 valence electrons. The fourth-order valence-corrected chi connectivity index (χ4v) is 0.812. The summed E-state index contributed by atoms with van der Waals surface area (Å²) in [5.74, 6) is 0.313. The number of carbonyl (C=O) groups is 1. The Morgan fingerprint density at radius 1 is 1.36 bits per heavy atom. The van der Waals surface area contributed by atoms with Gasteiger partial charge in [0, 0.05) is 12.8 Å². The van der Waals surface area contributed by atoms with Gasteiger partial charge in [-0.1, -0.05) is 6.92 Å². The fraction of sp³-hybridized carbons (Fsp3) is 0.889. The Bertz CT molecular complexity index is 108. The average Bonchev–Trinajstić information content (AvgIpc) is 1.87. The zero-order valence-electron chi connectivity index (χ0n) is 7.72. The molecule has 0 fully saturated rings. The second kappa shape index (κ2) is 6.35. The molecule has 0 aliphatic rings. The largest absolute Gasteiger partial charge is 0.378 e. The van der Waals surface area contributed by atoms with E-state index in [1.54, 1.807) is 0 Å². The van der Waals surface area contributed by atoms with Crippen molar-refractivity contribution in [2.24, 2.45) is 0 Å². The molecule has 2 heteroatoms. The van der Waals surface area contributed by atoms with Gasteiger partial charge in [0.2, 0.25) is 0 Å². The molecule has 0 N–H and O–H groups in total. The molecule has 0 atom stereocenters. The summed E-state index contributed by atoms with van der Waals surface area (Å²) in [7, 11) is 0. The number of Topliss-reactive ketones (excluding diaryl/α,β-unsaturated/α-hetero) is 1. The van der Waals surface area contributed by atoms with Gasteiger partial charge < -0.3 is 4.74 Å². The molecule has 0 aliphatic heterocycles. The first-order chi connectivity index (χ1) is 5.16. The maximum atomic E-state index is 10.9. The van der Waals surface area contributed by atoms with Crippen molar-refractivity contribution < 1.29 is 9.53 Å². The van der Waals surface area contributed by atoms with Crippen LogP contribution < -0.4 is 0 Å². The van der Waals surface area contributed by atoms with Gasteiger partial charge in [-0.3, -0.25) is 4.79 Å². The topological polar surface area (TPSA) is 26.3 Å². The molecule has 0 spiro atoms. The number of hydrogen-bond acceptors (Lipinski definition) is 2. The lowest BCUT2D eigenvalue weighted by Gasteiger charge is -2.05. The molecule has 0 radical (unpaired) electrons. The fourth-order valence-electron chi connectivity index (χ4n) is 0.812. The molecular formula is C9H18O2. The normalized spacial score (nSPS) is 10.5. The molecule has 0 aromatic rings. The van der Waals surface area contributed by atoms with Crippen molar-refractivity contribution in [1.82, 2.24) is 0 Å². The molecule has 2 nitrogen and oxygen atoms in total. The van der Waals surface area contributed by atoms with E-state index in [9.17, 15) is 4.79 Å². The van der Waals surface area contributed by atoms with Gasteiger partial charge in [0.15, 0.2) is 0 Å². The maximum Gasteiger partial charge on any atom is 0.135 e. The Hall–Kier alpha value is -0.370. The Morgan fingerprint density at radius 3 is 2.45 bits per heavy atom. The Kier molecular flexibility index (Phi) is 6.13. The summed E-state index contributed by atoms with van der Waals surface area (Å²) in [6.45, 7) is 6.55. The van der Waals surface area contributed by atoms with Crippen LogP contribution in [0, 0.1) is 0 Å². The lowest BCUT2D eigenvalue weighted by molar-refractivity contribution is -0.120. The van der Waals surface area contributed by atoms with Gasteiger partial charge in [-0.25, -0.2) is 0 Å². The van der Waals surface area contributed by atoms with Crippen LogP contribution in [0.5, 0.6) is 0 Å². The molecule has 0 aromatic carbocycles. The zero-order valence-corrected chi connectivity index (χ0v) is 7.72. The summed E-state index contributed by atoms with van der Waals surface area (Å²) < 4.78 is 5.24. The van der Waals surface area contributed by atoms with Crippen molar-refractivity contribution in [3.05, 3.63) is 0 Å². The molecule has 0 amide bonds. The van der Waals surface area contributed by atoms with E-state index in [1.807, 2.05) is 20.8 Å². The highest BCUT2D eigenvalue weighted by Crippen LogP contribution is 1.96. The van der Waals surface area contributed by atoms with E-state index >= 15 is 0 Å². The van der Waals surface area contributed by atoms with Crippen molar-refractivity contribution >= 4 is 5.78 Å². The minimum atomic E-state index is 0.240. The lowest BCUT2D eigenvalue weighted by atomic mass is 10.2. The van der Waals surface area contributed by atoms with Crippen LogP contribution in [0.1, 0.15) is 40.0 Å². The highest BCUT2D eigenvalue weighted by molar-refractivity contribution is 5.78. The molecule has 0 aromatic heterocycles. The third kappa shape index (κ3) is 7.53. The van der Waals surface area contributed by atoms with Crippen LogP contribution in [0.15, 0.2) is 0 Å². The van der Waals surface area contributed by atoms with Gasteiger partial charge in [0.05, 0.1) is 12.7 Å². The van der Waals surface area contributed by atoms with Crippen LogP contribution in [0.4, 0.5) is 0 Å². The number of ketones is 1. The minimum Gasteiger partial charge on any atom is -0.378 e. The number of rotatable bonds is 6. The van der Waals surface area contributed by atoms with Crippen LogP contribution >= 0.6 is 0 Å². The van der Waals surface area contributed by atoms with Crippen LogP contribution in [0.2, 0.25) is 0 Å². The van der Waals surface area contributed by atoms with Crippen LogP contribution in [-0.2, 0) is 9.53 Å². The predicted molar refractivity (Wildman–Crippen MR) is 45.6 cm³/mol. The first kappa shape index (κ1) is 10.6. The van der Waals surface area contributed by atoms with E-state index in [-0.39, 0.29) is 6.10 Å². The molecule has 0 rings (SSSR count). The van der Waals surface area contributed by atoms with E-state index in [0.29, 0.717) is 25.2 Å². The number of hydrogen-bond donors (Lipinski definition) is 0. The number of carbonyl (C=O) groups excluding carboxylic acids is 1. The van der Waals surface area contributed by atoms with Gasteiger partial charge in [0.1, 0.15) is 5.78 Å². The summed E-state index contributed by atoms with van der Waals surface area (Å²) >= 11 is 0. The second-order valence-corrected chi connectivity index (χ2v) is 2.96. The Balaban J connectivity index is 3.17. The van der Waals surface area contributed by atoms with Crippen molar-refractivity contribution in [3.63, 3.8) is 0 Å². The molecule has 0 saturated carbocycles. The van der Waals surface area contributed by atoms with Gasteiger partial charge in [-0.2, -0.15) is 0 Å². The minimum absolute atomic E-state index is 0.240. The summed E-state index contributed by atoms with van der Waals surface area (Å²) in [6.07, 6.45) is 2.46. The van der Waals surface area contributed by atoms with Crippen LogP contribution in [-0.4, -0.2) is 18.5 Å². The van der Waals surface area contributed by atoms with Gasteiger partial charge in [-0.05, 0) is 20.3 Å². The van der Waals surface area contributed by atoms with Crippen molar-refractivity contribution in [3.8, 4) is 0 Å². The Morgan fingerprint density at radius 2 is 2.00 bits per heavy atom. The van der Waals surface area contributed by atoms with Crippen molar-refractivity contribution in [1.29, 1.82) is 0 Å². The highest BCUT2D eigenvalue weighted by Gasteiger charge is 2.00. The SMILES string of the molecule is CCCC(=O)CCOC(C)C. The maximum absolute atomic E-state index is 10.9. The predicted octanol–water partition coefficient (Wildman–Crippen LogP) is 2.17. The van der Waals surface area contributed by atoms with Gasteiger partial charge >= 0.3 is 0 Å². The van der Waals surface area contributed by atoms with E-state index in [4.69, 9.17) is 4.74 Å². The molecule has 0 unspecified atom stereocenters. The average molecular weight is 158 g/mol. The molecular weight excluding hydrogens is 140 g/mol. The van der Waals surface area contributed by atoms with Gasteiger partial charge in [-0.15, -0.1) is 0 Å². The summed E-state index contributed by atoms with van der Waals surface area (Å²) in [6, 6.07) is 0. The summed E-state index contributed by atoms with van der Waals surface area (Å²) in [4.78, 5) is 10.9. The monoisotopic (exact) mass is 158 g/mol. The molecule has 11 heavy (non-hydrogen) atoms. The van der Waals surface area contributed by atoms with Crippen molar-refractivity contribution in [2.45, 2.75) is 46.1 Å². The second-order valence-electron chi connectivity index (χ2n) is 2.96. The lowest BCUT2D eigenvalue weighted by Crippen LogP contribution is -2.08. The quantitative estimate of drug-likeness (QED) is 0.592. The van der Waals surface area contributed by atoms with E-state index in [1.165, 1.54) is 0 Å². The third-order valence-electron chi connectivity index (χ3n) is 1.36. The van der Waals surface area contributed by atoms with E-state index in [2.05, 4.69) is 0 Å². The molecule has 0 bridgehead atoms. The van der Waals surface area contributed by atoms with E-state index < -0.39 is 0 Å². The van der Waals surface area contributed by atoms with E-state index in [0.717, 1.165) is 6.42 Å². The first-order valence-electron chi connectivity index (χ1n) is 4.30. The highest BCUT2D eigenvalue weighted by atomic mass is 16.5. The smallest absolute Gasteiger partial charge is 0.135 e. The van der Waals surface area contributed by atoms with Crippen LogP contribution in [0.25, 0.3) is 0 Å². The number of ether oxygens (including phenoxy) is 1. The molecule has 0 heterocycles. The summed E-state index contributed by atoms with van der Waals surface area (Å²) in [5.41, 5.74) is 0. The molecule has 0 aliphatic carbocycles. The summed E-state index contributed by atoms with van der Waals surface area (Å²) in [5, 5.41) is 0. The Labute approximate surface area is 68.9 Å². The third-order valence-corrected chi connectivity index (χ3v) is 1.36. The van der Waals surface area contributed by atoms with Gasteiger partial charge in [0.25, 0.3) is 0 Å². The standard InChI is InChI=1S/C9H18O2/c1-4-5-9(10)6-7-11-8(2)3/h8H,4-7H2,1-3H3. The zero-order chi connectivity index (χ0) is 8.69. The molecule has 0 saturated heterocycles.